The highest BCUT2D eigenvalue weighted by atomic mass is 79.9. The molecule has 1 aromatic rings. The van der Waals surface area contributed by atoms with Gasteiger partial charge in [-0.15, -0.1) is 0 Å². The van der Waals surface area contributed by atoms with Crippen LogP contribution in [0.4, 0.5) is 5.82 Å². The smallest absolute Gasteiger partial charge is 0.132 e. The lowest BCUT2D eigenvalue weighted by Crippen LogP contribution is -2.30. The maximum absolute atomic E-state index is 4.34. The van der Waals surface area contributed by atoms with Gasteiger partial charge in [0.15, 0.2) is 0 Å². The molecule has 0 saturated carbocycles. The number of aryl methyl sites for hydroxylation is 1. The van der Waals surface area contributed by atoms with Crippen LogP contribution in [0, 0.1) is 6.92 Å². The Morgan fingerprint density at radius 1 is 1.62 bits per heavy atom. The van der Waals surface area contributed by atoms with Crippen molar-refractivity contribution in [3.05, 3.63) is 18.1 Å². The van der Waals surface area contributed by atoms with Crippen LogP contribution >= 0.6 is 15.9 Å². The van der Waals surface area contributed by atoms with E-state index in [-0.39, 0.29) is 0 Å². The van der Waals surface area contributed by atoms with E-state index in [4.69, 9.17) is 0 Å². The molecule has 0 spiro atoms. The Morgan fingerprint density at radius 3 is 2.85 bits per heavy atom. The Hall–Kier alpha value is -0.640. The second-order valence-corrected chi connectivity index (χ2v) is 3.72. The Morgan fingerprint density at radius 2 is 2.31 bits per heavy atom. The molecule has 4 heteroatoms. The van der Waals surface area contributed by atoms with E-state index in [9.17, 15) is 0 Å². The number of anilines is 1. The molecule has 0 N–H and O–H groups in total. The summed E-state index contributed by atoms with van der Waals surface area (Å²) in [4.78, 5) is 10.5. The number of hydrogen-bond donors (Lipinski definition) is 0. The fourth-order valence-corrected chi connectivity index (χ4v) is 1.40. The molecule has 0 amide bonds. The Labute approximate surface area is 87.3 Å². The summed E-state index contributed by atoms with van der Waals surface area (Å²) < 4.78 is 0. The van der Waals surface area contributed by atoms with E-state index in [1.165, 1.54) is 0 Å². The average molecular weight is 244 g/mol. The van der Waals surface area contributed by atoms with Gasteiger partial charge in [0, 0.05) is 24.6 Å². The highest BCUT2D eigenvalue weighted by Crippen LogP contribution is 2.11. The number of nitrogens with zero attached hydrogens (tertiary/aromatic N) is 3. The topological polar surface area (TPSA) is 29.0 Å². The summed E-state index contributed by atoms with van der Waals surface area (Å²) in [6.45, 7) is 4.04. The molecular formula is C9H14BrN3. The van der Waals surface area contributed by atoms with Crippen molar-refractivity contribution < 1.29 is 0 Å². The van der Waals surface area contributed by atoms with Crippen LogP contribution in [0.25, 0.3) is 0 Å². The van der Waals surface area contributed by atoms with Crippen molar-refractivity contribution in [2.75, 3.05) is 17.3 Å². The number of aromatic nitrogens is 2. The van der Waals surface area contributed by atoms with Crippen LogP contribution < -0.4 is 4.90 Å². The third-order valence-electron chi connectivity index (χ3n) is 2.01. The van der Waals surface area contributed by atoms with Gasteiger partial charge in [-0.05, 0) is 19.9 Å². The lowest BCUT2D eigenvalue weighted by atomic mass is 10.3. The van der Waals surface area contributed by atoms with Crippen LogP contribution in [0.3, 0.4) is 0 Å². The lowest BCUT2D eigenvalue weighted by Gasteiger charge is -2.24. The van der Waals surface area contributed by atoms with Crippen molar-refractivity contribution in [1.29, 1.82) is 0 Å². The molecule has 0 aliphatic carbocycles. The summed E-state index contributed by atoms with van der Waals surface area (Å²) >= 11 is 3.45. The van der Waals surface area contributed by atoms with Crippen LogP contribution in [0.5, 0.6) is 0 Å². The molecule has 0 bridgehead atoms. The molecule has 1 atom stereocenters. The van der Waals surface area contributed by atoms with Crippen molar-refractivity contribution in [2.24, 2.45) is 0 Å². The fourth-order valence-electron chi connectivity index (χ4n) is 0.969. The minimum absolute atomic E-state index is 0.439. The predicted octanol–water partition coefficient (Wildman–Crippen LogP) is 2.00. The van der Waals surface area contributed by atoms with Gasteiger partial charge in [-0.3, -0.25) is 0 Å². The highest BCUT2D eigenvalue weighted by molar-refractivity contribution is 9.09. The first-order chi connectivity index (χ1) is 6.15. The van der Waals surface area contributed by atoms with Gasteiger partial charge in [-0.1, -0.05) is 15.9 Å². The van der Waals surface area contributed by atoms with E-state index in [0.717, 1.165) is 17.0 Å². The molecule has 3 nitrogen and oxygen atoms in total. The van der Waals surface area contributed by atoms with Gasteiger partial charge >= 0.3 is 0 Å². The van der Waals surface area contributed by atoms with E-state index in [0.29, 0.717) is 6.04 Å². The summed E-state index contributed by atoms with van der Waals surface area (Å²) in [5, 5.41) is 0.937. The quantitative estimate of drug-likeness (QED) is 0.761. The lowest BCUT2D eigenvalue weighted by molar-refractivity contribution is 0.752. The number of hydrogen-bond acceptors (Lipinski definition) is 3. The normalized spacial score (nSPS) is 12.6. The van der Waals surface area contributed by atoms with Crippen LogP contribution in [-0.4, -0.2) is 28.4 Å². The maximum Gasteiger partial charge on any atom is 0.132 e. The molecule has 0 aromatic carbocycles. The van der Waals surface area contributed by atoms with E-state index in [2.05, 4.69) is 37.7 Å². The molecule has 13 heavy (non-hydrogen) atoms. The third-order valence-corrected chi connectivity index (χ3v) is 2.94. The monoisotopic (exact) mass is 243 g/mol. The molecular weight excluding hydrogens is 230 g/mol. The number of rotatable bonds is 3. The van der Waals surface area contributed by atoms with E-state index in [1.54, 1.807) is 6.20 Å². The van der Waals surface area contributed by atoms with Crippen molar-refractivity contribution >= 4 is 21.7 Å². The summed E-state index contributed by atoms with van der Waals surface area (Å²) in [6, 6.07) is 2.36. The summed E-state index contributed by atoms with van der Waals surface area (Å²) in [7, 11) is 2.04. The molecule has 0 saturated heterocycles. The summed E-state index contributed by atoms with van der Waals surface area (Å²) in [6.07, 6.45) is 1.79. The molecule has 1 unspecified atom stereocenters. The Balaban J connectivity index is 2.82. The zero-order valence-electron chi connectivity index (χ0n) is 8.16. The van der Waals surface area contributed by atoms with Gasteiger partial charge in [-0.25, -0.2) is 9.97 Å². The first kappa shape index (κ1) is 10.4. The minimum Gasteiger partial charge on any atom is -0.356 e. The predicted molar refractivity (Wildman–Crippen MR) is 58.4 cm³/mol. The van der Waals surface area contributed by atoms with Gasteiger partial charge in [0.1, 0.15) is 11.6 Å². The second kappa shape index (κ2) is 4.56. The number of halogens is 1. The van der Waals surface area contributed by atoms with Gasteiger partial charge in [0.25, 0.3) is 0 Å². The fraction of sp³-hybridized carbons (Fsp3) is 0.556. The van der Waals surface area contributed by atoms with Crippen molar-refractivity contribution in [2.45, 2.75) is 19.9 Å². The molecule has 1 heterocycles. The van der Waals surface area contributed by atoms with Crippen molar-refractivity contribution in [3.63, 3.8) is 0 Å². The molecule has 0 radical (unpaired) electrons. The second-order valence-electron chi connectivity index (χ2n) is 3.08. The van der Waals surface area contributed by atoms with Gasteiger partial charge in [0.2, 0.25) is 0 Å². The highest BCUT2D eigenvalue weighted by Gasteiger charge is 2.09. The van der Waals surface area contributed by atoms with Crippen LogP contribution in [-0.2, 0) is 0 Å². The zero-order chi connectivity index (χ0) is 9.84. The van der Waals surface area contributed by atoms with Gasteiger partial charge in [0.05, 0.1) is 0 Å². The molecule has 1 aromatic heterocycles. The van der Waals surface area contributed by atoms with E-state index < -0.39 is 0 Å². The molecule has 72 valence electrons. The van der Waals surface area contributed by atoms with E-state index >= 15 is 0 Å². The Bertz CT molecular complexity index is 277. The van der Waals surface area contributed by atoms with Crippen LogP contribution in [0.1, 0.15) is 12.7 Å². The average Bonchev–Trinajstić information content (AvgIpc) is 2.15. The number of alkyl halides is 1. The van der Waals surface area contributed by atoms with Crippen molar-refractivity contribution in [1.82, 2.24) is 9.97 Å². The van der Waals surface area contributed by atoms with Crippen LogP contribution in [0.15, 0.2) is 12.3 Å². The first-order valence-electron chi connectivity index (χ1n) is 4.23. The molecule has 0 aliphatic rings. The molecule has 1 rings (SSSR count). The molecule has 0 aliphatic heterocycles. The zero-order valence-corrected chi connectivity index (χ0v) is 9.74. The van der Waals surface area contributed by atoms with E-state index in [1.807, 2.05) is 20.0 Å². The first-order valence-corrected chi connectivity index (χ1v) is 5.35. The third kappa shape index (κ3) is 2.66. The standard InChI is InChI=1S/C9H14BrN3/c1-7(6-10)13(3)9-4-5-11-8(2)12-9/h4-5,7H,6H2,1-3H3. The SMILES string of the molecule is Cc1nccc(N(C)C(C)CBr)n1. The van der Waals surface area contributed by atoms with Crippen molar-refractivity contribution in [3.8, 4) is 0 Å². The van der Waals surface area contributed by atoms with Gasteiger partial charge < -0.3 is 4.90 Å². The molecule has 0 fully saturated rings. The Kier molecular flexibility index (Phi) is 3.66. The van der Waals surface area contributed by atoms with Gasteiger partial charge in [-0.2, -0.15) is 0 Å². The maximum atomic E-state index is 4.34. The summed E-state index contributed by atoms with van der Waals surface area (Å²) in [5.41, 5.74) is 0. The minimum atomic E-state index is 0.439. The van der Waals surface area contributed by atoms with Crippen LogP contribution in [0.2, 0.25) is 0 Å². The largest absolute Gasteiger partial charge is 0.356 e. The summed E-state index contributed by atoms with van der Waals surface area (Å²) in [5.74, 6) is 1.78.